The zero-order chi connectivity index (χ0) is 18.5. The van der Waals surface area contributed by atoms with E-state index in [1.807, 2.05) is 46.4 Å². The third-order valence-electron chi connectivity index (χ3n) is 4.53. The first kappa shape index (κ1) is 15.5. The molecule has 7 heteroatoms. The number of fused-ring (bicyclic) bond motifs is 2. The molecule has 0 spiro atoms. The smallest absolute Gasteiger partial charge is 0.180 e. The first-order valence-electron chi connectivity index (χ1n) is 8.44. The molecular formula is C20H15FN6. The van der Waals surface area contributed by atoms with E-state index >= 15 is 0 Å². The van der Waals surface area contributed by atoms with Gasteiger partial charge in [-0.15, -0.1) is 0 Å². The van der Waals surface area contributed by atoms with Gasteiger partial charge in [0.2, 0.25) is 0 Å². The molecule has 0 saturated carbocycles. The maximum atomic E-state index is 13.4. The zero-order valence-corrected chi connectivity index (χ0v) is 14.5. The second kappa shape index (κ2) is 5.63. The van der Waals surface area contributed by atoms with Crippen LogP contribution < -0.4 is 5.73 Å². The highest BCUT2D eigenvalue weighted by atomic mass is 19.1. The Kier molecular flexibility index (Phi) is 3.24. The number of imidazole rings is 2. The minimum Gasteiger partial charge on any atom is -0.381 e. The minimum absolute atomic E-state index is 0.299. The average Bonchev–Trinajstić information content (AvgIpc) is 3.27. The van der Waals surface area contributed by atoms with Crippen molar-refractivity contribution in [2.75, 3.05) is 5.73 Å². The number of nitrogens with zero attached hydrogens (tertiary/aromatic N) is 5. The molecule has 4 aromatic heterocycles. The number of hydrogen-bond donors (Lipinski definition) is 1. The minimum atomic E-state index is -0.299. The van der Waals surface area contributed by atoms with E-state index in [4.69, 9.17) is 5.73 Å². The van der Waals surface area contributed by atoms with Gasteiger partial charge in [-0.1, -0.05) is 0 Å². The lowest BCUT2D eigenvalue weighted by atomic mass is 10.0. The van der Waals surface area contributed by atoms with Crippen LogP contribution in [0.3, 0.4) is 0 Å². The van der Waals surface area contributed by atoms with Crippen LogP contribution in [0.5, 0.6) is 0 Å². The van der Waals surface area contributed by atoms with E-state index in [2.05, 4.69) is 15.0 Å². The molecule has 0 aliphatic heterocycles. The third-order valence-corrected chi connectivity index (χ3v) is 4.53. The summed E-state index contributed by atoms with van der Waals surface area (Å²) in [6.45, 7) is 1.95. The fourth-order valence-corrected chi connectivity index (χ4v) is 3.35. The Balaban J connectivity index is 1.85. The van der Waals surface area contributed by atoms with Crippen LogP contribution >= 0.6 is 0 Å². The summed E-state index contributed by atoms with van der Waals surface area (Å²) in [5.41, 5.74) is 11.7. The lowest BCUT2D eigenvalue weighted by molar-refractivity contribution is 0.628. The molecular weight excluding hydrogens is 343 g/mol. The molecule has 27 heavy (non-hydrogen) atoms. The summed E-state index contributed by atoms with van der Waals surface area (Å²) in [5, 5.41) is 0. The monoisotopic (exact) mass is 358 g/mol. The predicted octanol–water partition coefficient (Wildman–Crippen LogP) is 3.74. The van der Waals surface area contributed by atoms with E-state index < -0.39 is 0 Å². The summed E-state index contributed by atoms with van der Waals surface area (Å²) in [7, 11) is 0. The third kappa shape index (κ3) is 2.43. The van der Waals surface area contributed by atoms with Crippen LogP contribution in [-0.2, 0) is 0 Å². The van der Waals surface area contributed by atoms with Gasteiger partial charge in [-0.2, -0.15) is 0 Å². The summed E-state index contributed by atoms with van der Waals surface area (Å²) < 4.78 is 17.3. The number of rotatable bonds is 2. The molecule has 4 heterocycles. The Morgan fingerprint density at radius 3 is 2.56 bits per heavy atom. The number of hydrogen-bond acceptors (Lipinski definition) is 4. The fourth-order valence-electron chi connectivity index (χ4n) is 3.35. The van der Waals surface area contributed by atoms with Crippen molar-refractivity contribution in [2.45, 2.75) is 6.92 Å². The van der Waals surface area contributed by atoms with Gasteiger partial charge >= 0.3 is 0 Å². The van der Waals surface area contributed by atoms with E-state index in [0.29, 0.717) is 17.2 Å². The van der Waals surface area contributed by atoms with Crippen molar-refractivity contribution in [1.29, 1.82) is 0 Å². The van der Waals surface area contributed by atoms with Crippen LogP contribution in [0.4, 0.5) is 10.2 Å². The number of nitrogens with two attached hydrogens (primary N) is 1. The molecule has 1 aromatic carbocycles. The standard InChI is InChI=1S/C20H15FN6/c1-12-10-26-11-14(4-7-16(26)24-12)18-17(13-2-5-15(21)6-3-13)25-19(22)20-23-8-9-27(18)20/h2-11H,1H3,(H2,22,25). The van der Waals surface area contributed by atoms with Crippen molar-refractivity contribution in [1.82, 2.24) is 23.8 Å². The molecule has 5 aromatic rings. The highest BCUT2D eigenvalue weighted by molar-refractivity contribution is 5.83. The maximum Gasteiger partial charge on any atom is 0.180 e. The highest BCUT2D eigenvalue weighted by Crippen LogP contribution is 2.33. The molecule has 0 bridgehead atoms. The van der Waals surface area contributed by atoms with Gasteiger partial charge in [0, 0.05) is 35.9 Å². The summed E-state index contributed by atoms with van der Waals surface area (Å²) >= 11 is 0. The van der Waals surface area contributed by atoms with Gasteiger partial charge in [-0.05, 0) is 43.3 Å². The van der Waals surface area contributed by atoms with Gasteiger partial charge in [0.1, 0.15) is 11.5 Å². The molecule has 0 atom stereocenters. The first-order valence-corrected chi connectivity index (χ1v) is 8.44. The van der Waals surface area contributed by atoms with Gasteiger partial charge in [-0.3, -0.25) is 4.40 Å². The normalized spacial score (nSPS) is 11.5. The Morgan fingerprint density at radius 1 is 0.963 bits per heavy atom. The molecule has 0 fully saturated rings. The Labute approximate surface area is 153 Å². The quantitative estimate of drug-likeness (QED) is 0.522. The van der Waals surface area contributed by atoms with Gasteiger partial charge in [0.05, 0.1) is 17.1 Å². The number of aryl methyl sites for hydroxylation is 1. The second-order valence-electron chi connectivity index (χ2n) is 6.39. The Morgan fingerprint density at radius 2 is 1.74 bits per heavy atom. The molecule has 0 saturated heterocycles. The van der Waals surface area contributed by atoms with Crippen LogP contribution in [0.25, 0.3) is 33.8 Å². The Bertz CT molecular complexity index is 1300. The van der Waals surface area contributed by atoms with Crippen LogP contribution in [0, 0.1) is 12.7 Å². The molecule has 0 amide bonds. The molecule has 6 nitrogen and oxygen atoms in total. The largest absolute Gasteiger partial charge is 0.381 e. The van der Waals surface area contributed by atoms with Crippen LogP contribution in [0.15, 0.2) is 61.2 Å². The van der Waals surface area contributed by atoms with Crippen molar-refractivity contribution >= 4 is 17.1 Å². The molecule has 2 N–H and O–H groups in total. The van der Waals surface area contributed by atoms with E-state index in [-0.39, 0.29) is 5.82 Å². The van der Waals surface area contributed by atoms with Gasteiger partial charge in [0.25, 0.3) is 0 Å². The molecule has 5 rings (SSSR count). The van der Waals surface area contributed by atoms with E-state index in [1.165, 1.54) is 12.1 Å². The van der Waals surface area contributed by atoms with E-state index in [1.54, 1.807) is 18.3 Å². The molecule has 132 valence electrons. The Hall–Kier alpha value is -3.74. The van der Waals surface area contributed by atoms with Crippen molar-refractivity contribution in [3.05, 3.63) is 72.7 Å². The number of nitrogen functional groups attached to an aromatic ring is 1. The number of anilines is 1. The fraction of sp³-hybridized carbons (Fsp3) is 0.0500. The lowest BCUT2D eigenvalue weighted by Gasteiger charge is -2.14. The molecule has 0 radical (unpaired) electrons. The number of aromatic nitrogens is 5. The number of benzene rings is 1. The number of halogens is 1. The maximum absolute atomic E-state index is 13.4. The summed E-state index contributed by atoms with van der Waals surface area (Å²) in [6.07, 6.45) is 7.49. The first-order chi connectivity index (χ1) is 13.1. The van der Waals surface area contributed by atoms with Crippen molar-refractivity contribution in [3.63, 3.8) is 0 Å². The van der Waals surface area contributed by atoms with E-state index in [9.17, 15) is 4.39 Å². The topological polar surface area (TPSA) is 73.5 Å². The molecule has 0 aliphatic carbocycles. The van der Waals surface area contributed by atoms with Crippen molar-refractivity contribution in [2.24, 2.45) is 0 Å². The number of pyridine rings is 1. The van der Waals surface area contributed by atoms with E-state index in [0.717, 1.165) is 28.2 Å². The lowest BCUT2D eigenvalue weighted by Crippen LogP contribution is -2.04. The van der Waals surface area contributed by atoms with Crippen LogP contribution in [0.1, 0.15) is 5.69 Å². The predicted molar refractivity (Wildman–Crippen MR) is 102 cm³/mol. The molecule has 0 unspecified atom stereocenters. The van der Waals surface area contributed by atoms with Gasteiger partial charge < -0.3 is 10.1 Å². The zero-order valence-electron chi connectivity index (χ0n) is 14.5. The van der Waals surface area contributed by atoms with Crippen LogP contribution in [-0.4, -0.2) is 23.8 Å². The van der Waals surface area contributed by atoms with Crippen molar-refractivity contribution in [3.8, 4) is 22.5 Å². The van der Waals surface area contributed by atoms with Gasteiger partial charge in [-0.25, -0.2) is 19.3 Å². The summed E-state index contributed by atoms with van der Waals surface area (Å²) in [4.78, 5) is 13.4. The second-order valence-corrected chi connectivity index (χ2v) is 6.39. The average molecular weight is 358 g/mol. The van der Waals surface area contributed by atoms with Crippen molar-refractivity contribution < 1.29 is 4.39 Å². The summed E-state index contributed by atoms with van der Waals surface area (Å²) in [6, 6.07) is 10.2. The summed E-state index contributed by atoms with van der Waals surface area (Å²) in [5.74, 6) is 0.0231. The van der Waals surface area contributed by atoms with Gasteiger partial charge in [0.15, 0.2) is 11.5 Å². The molecule has 0 aliphatic rings. The SMILES string of the molecule is Cc1cn2cc(-c3c(-c4ccc(F)cc4)nc(N)c4nccn34)ccc2n1. The highest BCUT2D eigenvalue weighted by Gasteiger charge is 2.17. The van der Waals surface area contributed by atoms with Crippen LogP contribution in [0.2, 0.25) is 0 Å².